The normalized spacial score (nSPS) is 17.8. The van der Waals surface area contributed by atoms with Crippen LogP contribution in [-0.2, 0) is 4.79 Å². The van der Waals surface area contributed by atoms with Crippen LogP contribution in [0.5, 0.6) is 0 Å². The van der Waals surface area contributed by atoms with Gasteiger partial charge in [-0.3, -0.25) is 4.79 Å². The Morgan fingerprint density at radius 3 is 2.31 bits per heavy atom. The molecule has 0 aliphatic rings. The van der Waals surface area contributed by atoms with Crippen LogP contribution in [0.3, 0.4) is 0 Å². The Morgan fingerprint density at radius 2 is 1.92 bits per heavy atom. The van der Waals surface area contributed by atoms with Gasteiger partial charge in [0, 0.05) is 5.92 Å². The van der Waals surface area contributed by atoms with E-state index in [0.717, 1.165) is 6.42 Å². The van der Waals surface area contributed by atoms with Crippen molar-refractivity contribution in [2.24, 2.45) is 17.6 Å². The van der Waals surface area contributed by atoms with Gasteiger partial charge in [-0.15, -0.1) is 0 Å². The zero-order valence-corrected chi connectivity index (χ0v) is 8.79. The first-order valence-electron chi connectivity index (χ1n) is 4.96. The predicted molar refractivity (Wildman–Crippen MR) is 53.1 cm³/mol. The van der Waals surface area contributed by atoms with Crippen molar-refractivity contribution in [3.05, 3.63) is 0 Å². The van der Waals surface area contributed by atoms with Crippen LogP contribution in [0.2, 0.25) is 0 Å². The van der Waals surface area contributed by atoms with Crippen molar-refractivity contribution in [1.29, 1.82) is 0 Å². The fourth-order valence-corrected chi connectivity index (χ4v) is 1.12. The first-order valence-corrected chi connectivity index (χ1v) is 4.96. The van der Waals surface area contributed by atoms with Crippen LogP contribution >= 0.6 is 0 Å². The van der Waals surface area contributed by atoms with E-state index in [0.29, 0.717) is 18.8 Å². The summed E-state index contributed by atoms with van der Waals surface area (Å²) in [6.07, 6.45) is 2.01. The molecule has 0 aliphatic heterocycles. The lowest BCUT2D eigenvalue weighted by Gasteiger charge is -2.18. The SMILES string of the molecule is CC[C@H](C)[C@@H](O)CC[C@H](C)C(N)=O. The molecule has 3 nitrogen and oxygen atoms in total. The minimum atomic E-state index is -0.299. The number of hydrogen-bond donors (Lipinski definition) is 2. The molecule has 0 saturated carbocycles. The van der Waals surface area contributed by atoms with Gasteiger partial charge < -0.3 is 10.8 Å². The van der Waals surface area contributed by atoms with E-state index in [4.69, 9.17) is 5.73 Å². The summed E-state index contributed by atoms with van der Waals surface area (Å²) in [4.78, 5) is 10.7. The summed E-state index contributed by atoms with van der Waals surface area (Å²) in [5.41, 5.74) is 5.11. The molecule has 78 valence electrons. The van der Waals surface area contributed by atoms with Crippen LogP contribution in [0, 0.1) is 11.8 Å². The molecular weight excluding hydrogens is 166 g/mol. The van der Waals surface area contributed by atoms with Gasteiger partial charge in [0.15, 0.2) is 0 Å². The first-order chi connectivity index (χ1) is 5.99. The average Bonchev–Trinajstić information content (AvgIpc) is 2.11. The fraction of sp³-hybridized carbons (Fsp3) is 0.900. The van der Waals surface area contributed by atoms with Gasteiger partial charge in [-0.05, 0) is 18.8 Å². The van der Waals surface area contributed by atoms with Gasteiger partial charge in [-0.2, -0.15) is 0 Å². The number of hydrogen-bond acceptors (Lipinski definition) is 2. The van der Waals surface area contributed by atoms with Gasteiger partial charge in [0.2, 0.25) is 5.91 Å². The quantitative estimate of drug-likeness (QED) is 0.658. The smallest absolute Gasteiger partial charge is 0.220 e. The fourth-order valence-electron chi connectivity index (χ4n) is 1.12. The molecule has 0 aliphatic carbocycles. The van der Waals surface area contributed by atoms with Gasteiger partial charge in [-0.25, -0.2) is 0 Å². The highest BCUT2D eigenvalue weighted by atomic mass is 16.3. The third-order valence-corrected chi connectivity index (χ3v) is 2.68. The molecule has 0 aromatic heterocycles. The van der Waals surface area contributed by atoms with Gasteiger partial charge >= 0.3 is 0 Å². The summed E-state index contributed by atoms with van der Waals surface area (Å²) in [7, 11) is 0. The molecule has 0 aromatic carbocycles. The maximum absolute atomic E-state index is 10.7. The Labute approximate surface area is 80.3 Å². The largest absolute Gasteiger partial charge is 0.393 e. The number of aliphatic hydroxyl groups excluding tert-OH is 1. The summed E-state index contributed by atoms with van der Waals surface area (Å²) in [6, 6.07) is 0. The summed E-state index contributed by atoms with van der Waals surface area (Å²) < 4.78 is 0. The first kappa shape index (κ1) is 12.4. The third-order valence-electron chi connectivity index (χ3n) is 2.68. The highest BCUT2D eigenvalue weighted by molar-refractivity contribution is 5.76. The Kier molecular flexibility index (Phi) is 5.71. The molecule has 1 amide bonds. The van der Waals surface area contributed by atoms with Crippen LogP contribution in [0.25, 0.3) is 0 Å². The lowest BCUT2D eigenvalue weighted by Crippen LogP contribution is -2.24. The number of amides is 1. The second-order valence-corrected chi connectivity index (χ2v) is 3.83. The van der Waals surface area contributed by atoms with Crippen LogP contribution in [-0.4, -0.2) is 17.1 Å². The van der Waals surface area contributed by atoms with Crippen LogP contribution in [0.4, 0.5) is 0 Å². The van der Waals surface area contributed by atoms with Gasteiger partial charge in [0.1, 0.15) is 0 Å². The van der Waals surface area contributed by atoms with E-state index in [2.05, 4.69) is 0 Å². The average molecular weight is 187 g/mol. The number of carbonyl (C=O) groups excluding carboxylic acids is 1. The van der Waals surface area contributed by atoms with Gasteiger partial charge in [0.05, 0.1) is 6.10 Å². The molecule has 3 N–H and O–H groups in total. The molecule has 13 heavy (non-hydrogen) atoms. The topological polar surface area (TPSA) is 63.3 Å². The number of nitrogens with two attached hydrogens (primary N) is 1. The second-order valence-electron chi connectivity index (χ2n) is 3.83. The Bertz CT molecular complexity index is 159. The second kappa shape index (κ2) is 5.97. The summed E-state index contributed by atoms with van der Waals surface area (Å²) in [5, 5.41) is 9.60. The number of primary amides is 1. The van der Waals surface area contributed by atoms with Gasteiger partial charge in [-0.1, -0.05) is 27.2 Å². The lowest BCUT2D eigenvalue weighted by molar-refractivity contribution is -0.121. The van der Waals surface area contributed by atoms with E-state index in [1.54, 1.807) is 6.92 Å². The van der Waals surface area contributed by atoms with Crippen molar-refractivity contribution in [3.8, 4) is 0 Å². The molecule has 0 fully saturated rings. The Hall–Kier alpha value is -0.570. The molecule has 0 unspecified atom stereocenters. The molecule has 0 saturated heterocycles. The van der Waals surface area contributed by atoms with E-state index in [1.807, 2.05) is 13.8 Å². The zero-order chi connectivity index (χ0) is 10.4. The molecule has 0 radical (unpaired) electrons. The minimum Gasteiger partial charge on any atom is -0.393 e. The summed E-state index contributed by atoms with van der Waals surface area (Å²) in [5.74, 6) is -0.102. The minimum absolute atomic E-state index is 0.126. The highest BCUT2D eigenvalue weighted by Gasteiger charge is 2.15. The van der Waals surface area contributed by atoms with Crippen molar-refractivity contribution in [2.45, 2.75) is 46.1 Å². The summed E-state index contributed by atoms with van der Waals surface area (Å²) in [6.45, 7) is 5.86. The Balaban J connectivity index is 3.69. The van der Waals surface area contributed by atoms with Crippen molar-refractivity contribution in [1.82, 2.24) is 0 Å². The van der Waals surface area contributed by atoms with Crippen LogP contribution in [0.15, 0.2) is 0 Å². The number of carbonyl (C=O) groups is 1. The monoisotopic (exact) mass is 187 g/mol. The molecule has 0 spiro atoms. The van der Waals surface area contributed by atoms with Crippen molar-refractivity contribution in [2.75, 3.05) is 0 Å². The number of aliphatic hydroxyl groups is 1. The predicted octanol–water partition coefficient (Wildman–Crippen LogP) is 1.29. The van der Waals surface area contributed by atoms with Gasteiger partial charge in [0.25, 0.3) is 0 Å². The molecule has 0 rings (SSSR count). The maximum atomic E-state index is 10.7. The van der Waals surface area contributed by atoms with E-state index < -0.39 is 0 Å². The van der Waals surface area contributed by atoms with Crippen molar-refractivity contribution in [3.63, 3.8) is 0 Å². The number of rotatable bonds is 6. The third kappa shape index (κ3) is 4.88. The maximum Gasteiger partial charge on any atom is 0.220 e. The molecule has 0 aromatic rings. The highest BCUT2D eigenvalue weighted by Crippen LogP contribution is 2.15. The summed E-state index contributed by atoms with van der Waals surface area (Å²) >= 11 is 0. The van der Waals surface area contributed by atoms with Crippen LogP contribution in [0.1, 0.15) is 40.0 Å². The zero-order valence-electron chi connectivity index (χ0n) is 8.79. The molecule has 3 heteroatoms. The van der Waals surface area contributed by atoms with Crippen LogP contribution < -0.4 is 5.73 Å². The van der Waals surface area contributed by atoms with E-state index in [-0.39, 0.29) is 17.9 Å². The van der Waals surface area contributed by atoms with E-state index >= 15 is 0 Å². The molecule has 3 atom stereocenters. The Morgan fingerprint density at radius 1 is 1.38 bits per heavy atom. The molecule has 0 bridgehead atoms. The van der Waals surface area contributed by atoms with Crippen molar-refractivity contribution < 1.29 is 9.90 Å². The molecule has 0 heterocycles. The standard InChI is InChI=1S/C10H21NO2/c1-4-7(2)9(12)6-5-8(3)10(11)13/h7-9,12H,4-6H2,1-3H3,(H2,11,13)/t7-,8-,9-/m0/s1. The van der Waals surface area contributed by atoms with Crippen molar-refractivity contribution >= 4 is 5.91 Å². The molecular formula is C10H21NO2. The van der Waals surface area contributed by atoms with E-state index in [1.165, 1.54) is 0 Å². The lowest BCUT2D eigenvalue weighted by atomic mass is 9.94. The van der Waals surface area contributed by atoms with E-state index in [9.17, 15) is 9.90 Å².